The minimum Gasteiger partial charge on any atom is -0.444 e. The van der Waals surface area contributed by atoms with Crippen LogP contribution in [0.3, 0.4) is 0 Å². The van der Waals surface area contributed by atoms with Crippen molar-refractivity contribution in [1.29, 1.82) is 0 Å². The lowest BCUT2D eigenvalue weighted by atomic mass is 10.2. The zero-order valence-corrected chi connectivity index (χ0v) is 18.8. The molecule has 0 saturated carbocycles. The van der Waals surface area contributed by atoms with Crippen LogP contribution in [0.2, 0.25) is 0 Å². The van der Waals surface area contributed by atoms with E-state index < -0.39 is 21.7 Å². The maximum absolute atomic E-state index is 13.1. The fourth-order valence-corrected chi connectivity index (χ4v) is 4.20. The number of carbonyl (C=O) groups is 1. The van der Waals surface area contributed by atoms with Gasteiger partial charge in [-0.25, -0.2) is 17.6 Å². The third-order valence-electron chi connectivity index (χ3n) is 4.49. The summed E-state index contributed by atoms with van der Waals surface area (Å²) in [5.74, 6) is 0. The average molecular weight is 443 g/mol. The summed E-state index contributed by atoms with van der Waals surface area (Å²) in [5, 5.41) is 5.51. The van der Waals surface area contributed by atoms with Gasteiger partial charge in [0, 0.05) is 45.0 Å². The van der Waals surface area contributed by atoms with Gasteiger partial charge in [-0.1, -0.05) is 0 Å². The summed E-state index contributed by atoms with van der Waals surface area (Å²) in [5.41, 5.74) is 0.327. The van der Waals surface area contributed by atoms with Crippen LogP contribution in [0.1, 0.15) is 20.8 Å². The van der Waals surface area contributed by atoms with Crippen molar-refractivity contribution in [3.05, 3.63) is 36.2 Å². The van der Waals surface area contributed by atoms with Gasteiger partial charge in [0.1, 0.15) is 5.60 Å². The molecule has 1 fully saturated rings. The minimum absolute atomic E-state index is 0.00567. The number of nitrogens with one attached hydrogen (secondary N) is 2. The number of nitrogens with zero attached hydrogens (tertiary/aromatic N) is 2. The third-order valence-corrected chi connectivity index (χ3v) is 6.40. The molecule has 1 aliphatic heterocycles. The zero-order chi connectivity index (χ0) is 22.4. The van der Waals surface area contributed by atoms with Crippen molar-refractivity contribution in [2.45, 2.75) is 31.3 Å². The largest absolute Gasteiger partial charge is 0.444 e. The van der Waals surface area contributed by atoms with Crippen molar-refractivity contribution in [3.8, 4) is 0 Å². The van der Waals surface area contributed by atoms with Crippen LogP contribution in [0, 0.1) is 0 Å². The smallest absolute Gasteiger partial charge is 0.407 e. The van der Waals surface area contributed by atoms with Crippen LogP contribution in [-0.4, -0.2) is 75.6 Å². The second-order valence-electron chi connectivity index (χ2n) is 8.21. The topological polar surface area (TPSA) is 91.0 Å². The fourth-order valence-electron chi connectivity index (χ4n) is 2.78. The molecule has 30 heavy (non-hydrogen) atoms. The summed E-state index contributed by atoms with van der Waals surface area (Å²) in [6.07, 6.45) is -0.198. The summed E-state index contributed by atoms with van der Waals surface area (Å²) in [6, 6.07) is 6.35. The number of piperazine rings is 1. The number of carbonyl (C=O) groups excluding carboxylic acids is 1. The molecule has 0 spiro atoms. The van der Waals surface area contributed by atoms with Gasteiger partial charge in [-0.3, -0.25) is 0 Å². The number of sulfonamides is 1. The Balaban J connectivity index is 1.88. The number of hydrogen-bond donors (Lipinski definition) is 2. The van der Waals surface area contributed by atoms with Crippen LogP contribution in [0.25, 0.3) is 0 Å². The van der Waals surface area contributed by atoms with Gasteiger partial charge in [0.25, 0.3) is 0 Å². The molecule has 8 nitrogen and oxygen atoms in total. The van der Waals surface area contributed by atoms with E-state index in [9.17, 15) is 17.6 Å². The molecule has 0 atom stereocenters. The zero-order valence-electron chi connectivity index (χ0n) is 17.9. The number of rotatable bonds is 7. The van der Waals surface area contributed by atoms with E-state index in [2.05, 4.69) is 15.5 Å². The molecule has 1 saturated heterocycles. The quantitative estimate of drug-likeness (QED) is 0.674. The van der Waals surface area contributed by atoms with Crippen molar-refractivity contribution in [3.63, 3.8) is 0 Å². The Hall–Kier alpha value is -2.17. The molecule has 0 unspecified atom stereocenters. The lowest BCUT2D eigenvalue weighted by Gasteiger charge is -2.31. The molecule has 0 radical (unpaired) electrons. The summed E-state index contributed by atoms with van der Waals surface area (Å²) >= 11 is 0. The molecule has 1 aromatic rings. The Morgan fingerprint density at radius 3 is 2.27 bits per heavy atom. The molecular formula is C20H31FN4O4S. The van der Waals surface area contributed by atoms with Crippen molar-refractivity contribution >= 4 is 21.8 Å². The second kappa shape index (κ2) is 10.2. The highest BCUT2D eigenvalue weighted by atomic mass is 32.2. The maximum atomic E-state index is 13.1. The van der Waals surface area contributed by atoms with Crippen LogP contribution < -0.4 is 10.6 Å². The van der Waals surface area contributed by atoms with Gasteiger partial charge in [0.2, 0.25) is 10.0 Å². The normalized spacial score (nSPS) is 16.9. The SMILES string of the molecule is CN1CCN(S(=O)(=O)c2ccc(NC/C(=C\F)CNC(=O)OC(C)(C)C)cc2)CC1. The first kappa shape index (κ1) is 24.1. The monoisotopic (exact) mass is 442 g/mol. The molecule has 0 bridgehead atoms. The molecule has 1 amide bonds. The van der Waals surface area contributed by atoms with E-state index in [-0.39, 0.29) is 18.0 Å². The first-order valence-corrected chi connectivity index (χ1v) is 11.2. The molecule has 10 heteroatoms. The lowest BCUT2D eigenvalue weighted by molar-refractivity contribution is 0.0532. The Bertz CT molecular complexity index is 843. The molecular weight excluding hydrogens is 411 g/mol. The molecule has 168 valence electrons. The third kappa shape index (κ3) is 7.26. The molecule has 1 heterocycles. The number of amides is 1. The summed E-state index contributed by atoms with van der Waals surface area (Å²) in [6.45, 7) is 7.71. The highest BCUT2D eigenvalue weighted by Gasteiger charge is 2.27. The average Bonchev–Trinajstić information content (AvgIpc) is 2.67. The Morgan fingerprint density at radius 2 is 1.73 bits per heavy atom. The van der Waals surface area contributed by atoms with Gasteiger partial charge >= 0.3 is 6.09 Å². The molecule has 1 aliphatic rings. The summed E-state index contributed by atoms with van der Waals surface area (Å²) in [7, 11) is -1.56. The van der Waals surface area contributed by atoms with Crippen LogP contribution in [-0.2, 0) is 14.8 Å². The molecule has 0 aromatic heterocycles. The number of likely N-dealkylation sites (N-methyl/N-ethyl adjacent to an activating group) is 1. The predicted octanol–water partition coefficient (Wildman–Crippen LogP) is 2.41. The van der Waals surface area contributed by atoms with E-state index in [0.717, 1.165) is 0 Å². The predicted molar refractivity (Wildman–Crippen MR) is 115 cm³/mol. The molecule has 2 N–H and O–H groups in total. The van der Waals surface area contributed by atoms with Crippen molar-refractivity contribution < 1.29 is 22.3 Å². The lowest BCUT2D eigenvalue weighted by Crippen LogP contribution is -2.46. The summed E-state index contributed by atoms with van der Waals surface area (Å²) in [4.78, 5) is 14.0. The van der Waals surface area contributed by atoms with E-state index in [1.165, 1.54) is 16.4 Å². The van der Waals surface area contributed by atoms with E-state index >= 15 is 0 Å². The number of alkyl carbamates (subject to hydrolysis) is 1. The van der Waals surface area contributed by atoms with Crippen LogP contribution >= 0.6 is 0 Å². The Morgan fingerprint density at radius 1 is 1.13 bits per heavy atom. The van der Waals surface area contributed by atoms with Gasteiger partial charge in [-0.2, -0.15) is 4.31 Å². The first-order chi connectivity index (χ1) is 14.0. The van der Waals surface area contributed by atoms with E-state index in [1.807, 2.05) is 7.05 Å². The van der Waals surface area contributed by atoms with Gasteiger partial charge in [0.05, 0.1) is 11.2 Å². The van der Waals surface area contributed by atoms with Crippen molar-refractivity contribution in [2.75, 3.05) is 51.6 Å². The maximum Gasteiger partial charge on any atom is 0.407 e. The number of anilines is 1. The first-order valence-electron chi connectivity index (χ1n) is 9.79. The van der Waals surface area contributed by atoms with Gasteiger partial charge in [0.15, 0.2) is 0 Å². The fraction of sp³-hybridized carbons (Fsp3) is 0.550. The van der Waals surface area contributed by atoms with Crippen molar-refractivity contribution in [2.24, 2.45) is 0 Å². The van der Waals surface area contributed by atoms with E-state index in [0.29, 0.717) is 43.8 Å². The molecule has 1 aromatic carbocycles. The van der Waals surface area contributed by atoms with Crippen LogP contribution in [0.4, 0.5) is 14.9 Å². The number of hydrogen-bond acceptors (Lipinski definition) is 6. The number of benzene rings is 1. The highest BCUT2D eigenvalue weighted by molar-refractivity contribution is 7.89. The number of halogens is 1. The van der Waals surface area contributed by atoms with Crippen molar-refractivity contribution in [1.82, 2.24) is 14.5 Å². The molecule has 2 rings (SSSR count). The van der Waals surface area contributed by atoms with E-state index in [4.69, 9.17) is 4.74 Å². The highest BCUT2D eigenvalue weighted by Crippen LogP contribution is 2.20. The van der Waals surface area contributed by atoms with Gasteiger partial charge < -0.3 is 20.3 Å². The standard InChI is InChI=1S/C20H31FN4O4S/c1-20(2,3)29-19(26)23-15-16(13-21)14-22-17-5-7-18(8-6-17)30(27,28)25-11-9-24(4)10-12-25/h5-8,13,22H,9-12,14-15H2,1-4H3,(H,23,26)/b16-13+. The number of ether oxygens (including phenoxy) is 1. The van der Waals surface area contributed by atoms with Gasteiger partial charge in [-0.05, 0) is 57.7 Å². The Kier molecular flexibility index (Phi) is 8.22. The summed E-state index contributed by atoms with van der Waals surface area (Å²) < 4.78 is 45.2. The van der Waals surface area contributed by atoms with Crippen LogP contribution in [0.5, 0.6) is 0 Å². The molecule has 0 aliphatic carbocycles. The Labute approximate surface area is 178 Å². The van der Waals surface area contributed by atoms with Crippen LogP contribution in [0.15, 0.2) is 41.1 Å². The van der Waals surface area contributed by atoms with Gasteiger partial charge in [-0.15, -0.1) is 0 Å². The minimum atomic E-state index is -3.53. The van der Waals surface area contributed by atoms with E-state index in [1.54, 1.807) is 32.9 Å². The second-order valence-corrected chi connectivity index (χ2v) is 10.1.